The van der Waals surface area contributed by atoms with Crippen LogP contribution in [0, 0.1) is 13.8 Å². The minimum Gasteiger partial charge on any atom is -0.466 e. The Morgan fingerprint density at radius 2 is 2.00 bits per heavy atom. The van der Waals surface area contributed by atoms with Gasteiger partial charge < -0.3 is 9.73 Å². The molecule has 0 aromatic carbocycles. The van der Waals surface area contributed by atoms with Gasteiger partial charge in [0, 0.05) is 27.8 Å². The van der Waals surface area contributed by atoms with Gasteiger partial charge in [0.1, 0.15) is 11.5 Å². The molecular formula is C15H21NOS. The highest BCUT2D eigenvalue weighted by Gasteiger charge is 2.16. The van der Waals surface area contributed by atoms with Crippen molar-refractivity contribution in [2.24, 2.45) is 0 Å². The highest BCUT2D eigenvalue weighted by molar-refractivity contribution is 7.11. The van der Waals surface area contributed by atoms with Crippen molar-refractivity contribution in [1.82, 2.24) is 5.32 Å². The van der Waals surface area contributed by atoms with Crippen LogP contribution in [0.25, 0.3) is 0 Å². The molecule has 0 aliphatic carbocycles. The second-order valence-corrected chi connectivity index (χ2v) is 5.89. The van der Waals surface area contributed by atoms with Crippen molar-refractivity contribution >= 4 is 11.3 Å². The summed E-state index contributed by atoms with van der Waals surface area (Å²) in [5.41, 5.74) is 1.28. The first-order valence-corrected chi connectivity index (χ1v) is 7.27. The Kier molecular flexibility index (Phi) is 4.25. The molecule has 0 saturated carbocycles. The van der Waals surface area contributed by atoms with Gasteiger partial charge in [-0.1, -0.05) is 6.92 Å². The highest BCUT2D eigenvalue weighted by Crippen LogP contribution is 2.27. The number of rotatable bonds is 5. The minimum absolute atomic E-state index is 0.339. The van der Waals surface area contributed by atoms with E-state index in [0.717, 1.165) is 24.4 Å². The number of nitrogens with one attached hydrogen (secondary N) is 1. The first kappa shape index (κ1) is 13.4. The molecule has 1 unspecified atom stereocenters. The lowest BCUT2D eigenvalue weighted by Gasteiger charge is -2.14. The number of likely N-dealkylation sites (N-methyl/N-ethyl adjacent to an activating group) is 1. The van der Waals surface area contributed by atoms with Crippen LogP contribution in [0.3, 0.4) is 0 Å². The van der Waals surface area contributed by atoms with E-state index >= 15 is 0 Å². The van der Waals surface area contributed by atoms with Crippen LogP contribution in [0.4, 0.5) is 0 Å². The Hall–Kier alpha value is -1.06. The third-order valence-electron chi connectivity index (χ3n) is 3.27. The van der Waals surface area contributed by atoms with Gasteiger partial charge in [-0.25, -0.2) is 0 Å². The van der Waals surface area contributed by atoms with E-state index in [1.165, 1.54) is 15.3 Å². The molecule has 0 aliphatic rings. The predicted octanol–water partition coefficient (Wildman–Crippen LogP) is 4.02. The van der Waals surface area contributed by atoms with E-state index in [-0.39, 0.29) is 0 Å². The van der Waals surface area contributed by atoms with Gasteiger partial charge in [0.25, 0.3) is 0 Å². The van der Waals surface area contributed by atoms with E-state index in [4.69, 9.17) is 4.42 Å². The fourth-order valence-electron chi connectivity index (χ4n) is 2.29. The Morgan fingerprint density at radius 3 is 2.50 bits per heavy atom. The molecule has 2 nitrogen and oxygen atoms in total. The van der Waals surface area contributed by atoms with E-state index < -0.39 is 0 Å². The van der Waals surface area contributed by atoms with Gasteiger partial charge in [0.15, 0.2) is 0 Å². The molecule has 0 aliphatic heterocycles. The summed E-state index contributed by atoms with van der Waals surface area (Å²) in [6.07, 6.45) is 2.15. The summed E-state index contributed by atoms with van der Waals surface area (Å²) in [6.45, 7) is 6.25. The summed E-state index contributed by atoms with van der Waals surface area (Å²) in [4.78, 5) is 2.89. The SMILES string of the molecule is CCc1ccc(CC(NC)c2cc(C)oc2C)s1. The quantitative estimate of drug-likeness (QED) is 0.881. The van der Waals surface area contributed by atoms with Crippen molar-refractivity contribution in [3.63, 3.8) is 0 Å². The third-order valence-corrected chi connectivity index (χ3v) is 4.53. The van der Waals surface area contributed by atoms with Gasteiger partial charge in [0.2, 0.25) is 0 Å². The average Bonchev–Trinajstić information content (AvgIpc) is 2.92. The maximum Gasteiger partial charge on any atom is 0.105 e. The van der Waals surface area contributed by atoms with Crippen LogP contribution in [0.5, 0.6) is 0 Å². The Labute approximate surface area is 113 Å². The molecule has 2 heterocycles. The first-order valence-electron chi connectivity index (χ1n) is 6.45. The third kappa shape index (κ3) is 2.85. The van der Waals surface area contributed by atoms with Crippen molar-refractivity contribution < 1.29 is 4.42 Å². The molecule has 0 amide bonds. The zero-order valence-electron chi connectivity index (χ0n) is 11.5. The fourth-order valence-corrected chi connectivity index (χ4v) is 3.29. The van der Waals surface area contributed by atoms with Crippen LogP contribution in [0.2, 0.25) is 0 Å². The van der Waals surface area contributed by atoms with Gasteiger partial charge in [-0.3, -0.25) is 0 Å². The van der Waals surface area contributed by atoms with Crippen LogP contribution >= 0.6 is 11.3 Å². The van der Waals surface area contributed by atoms with Crippen LogP contribution in [-0.2, 0) is 12.8 Å². The number of furan rings is 1. The van der Waals surface area contributed by atoms with Crippen molar-refractivity contribution in [2.75, 3.05) is 7.05 Å². The van der Waals surface area contributed by atoms with Crippen molar-refractivity contribution in [3.05, 3.63) is 45.0 Å². The van der Waals surface area contributed by atoms with E-state index in [1.54, 1.807) is 0 Å². The lowest BCUT2D eigenvalue weighted by atomic mass is 10.0. The molecule has 0 spiro atoms. The Balaban J connectivity index is 2.16. The molecule has 2 rings (SSSR count). The summed E-state index contributed by atoms with van der Waals surface area (Å²) in [5.74, 6) is 2.02. The van der Waals surface area contributed by atoms with E-state index in [1.807, 2.05) is 32.2 Å². The number of aryl methyl sites for hydroxylation is 3. The lowest BCUT2D eigenvalue weighted by Crippen LogP contribution is -2.18. The molecule has 0 saturated heterocycles. The van der Waals surface area contributed by atoms with Crippen molar-refractivity contribution in [1.29, 1.82) is 0 Å². The molecule has 98 valence electrons. The summed E-state index contributed by atoms with van der Waals surface area (Å²) in [6, 6.07) is 6.96. The smallest absolute Gasteiger partial charge is 0.105 e. The minimum atomic E-state index is 0.339. The summed E-state index contributed by atoms with van der Waals surface area (Å²) in [7, 11) is 2.01. The van der Waals surface area contributed by atoms with Crippen molar-refractivity contribution in [2.45, 2.75) is 39.7 Å². The highest BCUT2D eigenvalue weighted by atomic mass is 32.1. The van der Waals surface area contributed by atoms with Crippen LogP contribution < -0.4 is 5.32 Å². The number of thiophene rings is 1. The lowest BCUT2D eigenvalue weighted by molar-refractivity contribution is 0.490. The molecule has 0 radical (unpaired) electrons. The molecule has 1 atom stereocenters. The summed E-state index contributed by atoms with van der Waals surface area (Å²) in [5, 5.41) is 3.39. The Bertz CT molecular complexity index is 512. The van der Waals surface area contributed by atoms with Gasteiger partial charge in [-0.2, -0.15) is 0 Å². The van der Waals surface area contributed by atoms with Gasteiger partial charge in [-0.05, 0) is 45.5 Å². The number of hydrogen-bond donors (Lipinski definition) is 1. The maximum atomic E-state index is 5.62. The van der Waals surface area contributed by atoms with E-state index in [9.17, 15) is 0 Å². The summed E-state index contributed by atoms with van der Waals surface area (Å²) < 4.78 is 5.62. The molecule has 0 fully saturated rings. The number of hydrogen-bond acceptors (Lipinski definition) is 3. The zero-order chi connectivity index (χ0) is 13.1. The monoisotopic (exact) mass is 263 g/mol. The second kappa shape index (κ2) is 5.72. The molecule has 2 aromatic heterocycles. The van der Waals surface area contributed by atoms with Gasteiger partial charge in [-0.15, -0.1) is 11.3 Å². The topological polar surface area (TPSA) is 25.2 Å². The molecule has 3 heteroatoms. The maximum absolute atomic E-state index is 5.62. The van der Waals surface area contributed by atoms with Crippen LogP contribution in [0.15, 0.2) is 22.6 Å². The second-order valence-electron chi connectivity index (χ2n) is 4.64. The molecule has 18 heavy (non-hydrogen) atoms. The molecular weight excluding hydrogens is 242 g/mol. The molecule has 1 N–H and O–H groups in total. The van der Waals surface area contributed by atoms with Crippen molar-refractivity contribution in [3.8, 4) is 0 Å². The normalized spacial score (nSPS) is 12.9. The van der Waals surface area contributed by atoms with Crippen LogP contribution in [-0.4, -0.2) is 7.05 Å². The van der Waals surface area contributed by atoms with Gasteiger partial charge >= 0.3 is 0 Å². The summed E-state index contributed by atoms with van der Waals surface area (Å²) >= 11 is 1.91. The standard InChI is InChI=1S/C15H21NOS/c1-5-12-6-7-13(18-12)9-15(16-4)14-8-10(2)17-11(14)3/h6-8,15-16H,5,9H2,1-4H3. The molecule has 2 aromatic rings. The zero-order valence-corrected chi connectivity index (χ0v) is 12.4. The predicted molar refractivity (Wildman–Crippen MR) is 77.4 cm³/mol. The van der Waals surface area contributed by atoms with E-state index in [2.05, 4.69) is 30.4 Å². The fraction of sp³-hybridized carbons (Fsp3) is 0.467. The Morgan fingerprint density at radius 1 is 1.28 bits per heavy atom. The van der Waals surface area contributed by atoms with E-state index in [0.29, 0.717) is 6.04 Å². The first-order chi connectivity index (χ1) is 8.63. The van der Waals surface area contributed by atoms with Crippen LogP contribution in [0.1, 0.15) is 39.8 Å². The average molecular weight is 263 g/mol. The largest absolute Gasteiger partial charge is 0.466 e. The molecule has 0 bridgehead atoms. The van der Waals surface area contributed by atoms with Gasteiger partial charge in [0.05, 0.1) is 0 Å².